The third-order valence-corrected chi connectivity index (χ3v) is 3.86. The van der Waals surface area contributed by atoms with Crippen molar-refractivity contribution in [1.82, 2.24) is 0 Å². The van der Waals surface area contributed by atoms with E-state index in [1.165, 1.54) is 13.0 Å². The highest BCUT2D eigenvalue weighted by Gasteiger charge is 2.22. The Balaban J connectivity index is 2.04. The van der Waals surface area contributed by atoms with Crippen LogP contribution in [0.2, 0.25) is 0 Å². The van der Waals surface area contributed by atoms with E-state index in [0.717, 1.165) is 25.0 Å². The van der Waals surface area contributed by atoms with E-state index in [0.29, 0.717) is 12.2 Å². The van der Waals surface area contributed by atoms with Crippen LogP contribution >= 0.6 is 0 Å². The Bertz CT molecular complexity index is 791. The first-order valence-electron chi connectivity index (χ1n) is 8.72. The molecule has 0 heterocycles. The Hall–Kier alpha value is -2.96. The van der Waals surface area contributed by atoms with Crippen LogP contribution in [0.4, 0.5) is 20.2 Å². The first-order valence-corrected chi connectivity index (χ1v) is 8.72. The number of carbonyl (C=O) groups excluding carboxylic acids is 2. The summed E-state index contributed by atoms with van der Waals surface area (Å²) in [5.74, 6) is -3.35. The quantitative estimate of drug-likeness (QED) is 0.531. The number of carbonyl (C=O) groups is 2. The molecule has 0 bridgehead atoms. The molecular formula is C20H22F2N2O3. The molecule has 0 aliphatic rings. The van der Waals surface area contributed by atoms with Crippen molar-refractivity contribution in [3.05, 3.63) is 59.7 Å². The number of amides is 1. The molecule has 2 N–H and O–H groups in total. The van der Waals surface area contributed by atoms with E-state index >= 15 is 0 Å². The van der Waals surface area contributed by atoms with Gasteiger partial charge in [0.25, 0.3) is 5.91 Å². The molecule has 5 nitrogen and oxygen atoms in total. The molecule has 144 valence electrons. The molecule has 1 atom stereocenters. The van der Waals surface area contributed by atoms with Gasteiger partial charge < -0.3 is 15.4 Å². The van der Waals surface area contributed by atoms with Crippen molar-refractivity contribution in [1.29, 1.82) is 0 Å². The molecule has 2 aromatic rings. The lowest BCUT2D eigenvalue weighted by atomic mass is 10.1. The smallest absolute Gasteiger partial charge is 0.341 e. The zero-order valence-corrected chi connectivity index (χ0v) is 15.2. The van der Waals surface area contributed by atoms with Gasteiger partial charge in [0.15, 0.2) is 6.10 Å². The molecule has 7 heteroatoms. The van der Waals surface area contributed by atoms with E-state index in [4.69, 9.17) is 4.74 Å². The molecule has 0 aliphatic heterocycles. The van der Waals surface area contributed by atoms with Crippen LogP contribution in [-0.2, 0) is 9.53 Å². The molecule has 27 heavy (non-hydrogen) atoms. The molecule has 0 fully saturated rings. The number of halogens is 2. The Labute approximate surface area is 156 Å². The van der Waals surface area contributed by atoms with Gasteiger partial charge in [0, 0.05) is 12.2 Å². The molecule has 0 radical (unpaired) electrons. The number of rotatable bonds is 8. The van der Waals surface area contributed by atoms with E-state index in [2.05, 4.69) is 17.6 Å². The predicted octanol–water partition coefficient (Wildman–Crippen LogP) is 4.36. The van der Waals surface area contributed by atoms with Crippen LogP contribution in [-0.4, -0.2) is 24.5 Å². The van der Waals surface area contributed by atoms with Crippen molar-refractivity contribution >= 4 is 23.3 Å². The first-order chi connectivity index (χ1) is 12.9. The largest absolute Gasteiger partial charge is 0.449 e. The SMILES string of the molecule is CCCCNc1ccccc1C(=O)O[C@H](C)C(=O)Nc1c(F)cccc1F. The molecule has 2 aromatic carbocycles. The molecule has 0 spiro atoms. The summed E-state index contributed by atoms with van der Waals surface area (Å²) < 4.78 is 32.4. The van der Waals surface area contributed by atoms with Gasteiger partial charge in [-0.1, -0.05) is 31.5 Å². The van der Waals surface area contributed by atoms with Gasteiger partial charge in [-0.15, -0.1) is 0 Å². The summed E-state index contributed by atoms with van der Waals surface area (Å²) in [6.07, 6.45) is 0.708. The Kier molecular flexibility index (Phi) is 7.28. The fourth-order valence-corrected chi connectivity index (χ4v) is 2.33. The van der Waals surface area contributed by atoms with Crippen molar-refractivity contribution in [2.75, 3.05) is 17.2 Å². The Morgan fingerprint density at radius 2 is 1.74 bits per heavy atom. The van der Waals surface area contributed by atoms with E-state index in [9.17, 15) is 18.4 Å². The number of nitrogens with one attached hydrogen (secondary N) is 2. The first kappa shape index (κ1) is 20.4. The molecule has 2 rings (SSSR count). The van der Waals surface area contributed by atoms with Crippen LogP contribution in [0.25, 0.3) is 0 Å². The predicted molar refractivity (Wildman–Crippen MR) is 99.7 cm³/mol. The maximum atomic E-state index is 13.6. The van der Waals surface area contributed by atoms with Gasteiger partial charge in [0.05, 0.1) is 5.56 Å². The number of anilines is 2. The van der Waals surface area contributed by atoms with E-state index in [1.54, 1.807) is 24.3 Å². The zero-order chi connectivity index (χ0) is 19.8. The summed E-state index contributed by atoms with van der Waals surface area (Å²) in [5.41, 5.74) is 0.307. The fourth-order valence-electron chi connectivity index (χ4n) is 2.33. The van der Waals surface area contributed by atoms with Crippen molar-refractivity contribution in [2.24, 2.45) is 0 Å². The lowest BCUT2D eigenvalue weighted by molar-refractivity contribution is -0.123. The number of ether oxygens (including phenoxy) is 1. The summed E-state index contributed by atoms with van der Waals surface area (Å²) in [7, 11) is 0. The van der Waals surface area contributed by atoms with Crippen molar-refractivity contribution in [3.63, 3.8) is 0 Å². The monoisotopic (exact) mass is 376 g/mol. The Morgan fingerprint density at radius 1 is 1.07 bits per heavy atom. The van der Waals surface area contributed by atoms with Gasteiger partial charge >= 0.3 is 5.97 Å². The van der Waals surface area contributed by atoms with Gasteiger partial charge in [0.2, 0.25) is 0 Å². The standard InChI is InChI=1S/C20H22F2N2O3/c1-3-4-12-23-17-11-6-5-8-14(17)20(26)27-13(2)19(25)24-18-15(21)9-7-10-16(18)22/h5-11,13,23H,3-4,12H2,1-2H3,(H,24,25)/t13-/m1/s1. The summed E-state index contributed by atoms with van der Waals surface area (Å²) >= 11 is 0. The molecule has 0 aliphatic carbocycles. The third-order valence-electron chi connectivity index (χ3n) is 3.86. The van der Waals surface area contributed by atoms with Crippen LogP contribution in [0.3, 0.4) is 0 Å². The van der Waals surface area contributed by atoms with Gasteiger partial charge in [0.1, 0.15) is 17.3 Å². The van der Waals surface area contributed by atoms with Crippen LogP contribution < -0.4 is 10.6 Å². The molecule has 0 saturated carbocycles. The number of esters is 1. The molecule has 0 saturated heterocycles. The maximum Gasteiger partial charge on any atom is 0.341 e. The number of benzene rings is 2. The summed E-state index contributed by atoms with van der Waals surface area (Å²) in [6.45, 7) is 4.09. The molecular weight excluding hydrogens is 354 g/mol. The number of unbranched alkanes of at least 4 members (excludes halogenated alkanes) is 1. The lowest BCUT2D eigenvalue weighted by Crippen LogP contribution is -2.30. The summed E-state index contributed by atoms with van der Waals surface area (Å²) in [6, 6.07) is 10.0. The highest BCUT2D eigenvalue weighted by atomic mass is 19.1. The van der Waals surface area contributed by atoms with Gasteiger partial charge in [-0.05, 0) is 37.6 Å². The fraction of sp³-hybridized carbons (Fsp3) is 0.300. The number of para-hydroxylation sites is 2. The van der Waals surface area contributed by atoms with E-state index < -0.39 is 35.3 Å². The highest BCUT2D eigenvalue weighted by molar-refractivity contribution is 5.99. The van der Waals surface area contributed by atoms with E-state index in [1.807, 2.05) is 0 Å². The van der Waals surface area contributed by atoms with Crippen LogP contribution in [0, 0.1) is 11.6 Å². The molecule has 1 amide bonds. The normalized spacial score (nSPS) is 11.6. The minimum Gasteiger partial charge on any atom is -0.449 e. The second kappa shape index (κ2) is 9.66. The minimum absolute atomic E-state index is 0.283. The van der Waals surface area contributed by atoms with Crippen molar-refractivity contribution < 1.29 is 23.1 Å². The second-order valence-corrected chi connectivity index (χ2v) is 5.96. The van der Waals surface area contributed by atoms with Gasteiger partial charge in [-0.25, -0.2) is 13.6 Å². The Morgan fingerprint density at radius 3 is 2.41 bits per heavy atom. The number of hydrogen-bond donors (Lipinski definition) is 2. The van der Waals surface area contributed by atoms with Crippen molar-refractivity contribution in [3.8, 4) is 0 Å². The minimum atomic E-state index is -1.24. The molecule has 0 aromatic heterocycles. The van der Waals surface area contributed by atoms with E-state index in [-0.39, 0.29) is 5.56 Å². The molecule has 0 unspecified atom stereocenters. The average molecular weight is 376 g/mol. The summed E-state index contributed by atoms with van der Waals surface area (Å²) in [4.78, 5) is 24.6. The van der Waals surface area contributed by atoms with Crippen LogP contribution in [0.15, 0.2) is 42.5 Å². The van der Waals surface area contributed by atoms with Gasteiger partial charge in [-0.2, -0.15) is 0 Å². The second-order valence-electron chi connectivity index (χ2n) is 5.96. The highest BCUT2D eigenvalue weighted by Crippen LogP contribution is 2.20. The number of hydrogen-bond acceptors (Lipinski definition) is 4. The van der Waals surface area contributed by atoms with Crippen molar-refractivity contribution in [2.45, 2.75) is 32.8 Å². The maximum absolute atomic E-state index is 13.6. The van der Waals surface area contributed by atoms with Crippen LogP contribution in [0.1, 0.15) is 37.0 Å². The van der Waals surface area contributed by atoms with Gasteiger partial charge in [-0.3, -0.25) is 4.79 Å². The average Bonchev–Trinajstić information content (AvgIpc) is 2.65. The topological polar surface area (TPSA) is 67.4 Å². The lowest BCUT2D eigenvalue weighted by Gasteiger charge is -2.16. The van der Waals surface area contributed by atoms with Crippen LogP contribution in [0.5, 0.6) is 0 Å². The third kappa shape index (κ3) is 5.51. The summed E-state index contributed by atoms with van der Waals surface area (Å²) in [5, 5.41) is 5.26. The zero-order valence-electron chi connectivity index (χ0n) is 15.2.